The summed E-state index contributed by atoms with van der Waals surface area (Å²) in [6.07, 6.45) is 5.45. The smallest absolute Gasteiger partial charge is 0.0473 e. The van der Waals surface area contributed by atoms with Gasteiger partial charge in [-0.1, -0.05) is 44.2 Å². The first-order chi connectivity index (χ1) is 9.76. The number of hydrogen-bond acceptors (Lipinski definition) is 2. The number of hydrogen-bond donors (Lipinski definition) is 1. The molecule has 2 heteroatoms. The lowest BCUT2D eigenvalue weighted by Crippen LogP contribution is -2.53. The first-order valence-corrected chi connectivity index (χ1v) is 8.29. The first-order valence-electron chi connectivity index (χ1n) is 8.29. The maximum Gasteiger partial charge on any atom is 0.0473 e. The van der Waals surface area contributed by atoms with E-state index in [9.17, 15) is 0 Å². The molecule has 1 saturated heterocycles. The van der Waals surface area contributed by atoms with Gasteiger partial charge in [-0.3, -0.25) is 4.90 Å². The maximum absolute atomic E-state index is 3.73. The summed E-state index contributed by atoms with van der Waals surface area (Å²) < 4.78 is 0. The summed E-state index contributed by atoms with van der Waals surface area (Å²) >= 11 is 0. The van der Waals surface area contributed by atoms with Crippen LogP contribution < -0.4 is 5.32 Å². The van der Waals surface area contributed by atoms with Gasteiger partial charge >= 0.3 is 0 Å². The highest BCUT2D eigenvalue weighted by molar-refractivity contribution is 5.20. The van der Waals surface area contributed by atoms with Gasteiger partial charge in [0, 0.05) is 31.7 Å². The molecule has 2 atom stereocenters. The van der Waals surface area contributed by atoms with Gasteiger partial charge < -0.3 is 5.32 Å². The standard InChI is InChI=1S/C18H28N2/c1-3-16-13-20(14-18(4-2)10-11-18)17(12-19-16)15-8-6-5-7-9-15/h5-9,16-17,19H,3-4,10-14H2,1-2H3. The second-order valence-corrected chi connectivity index (χ2v) is 6.72. The summed E-state index contributed by atoms with van der Waals surface area (Å²) in [5, 5.41) is 3.73. The molecule has 2 aliphatic rings. The molecule has 3 rings (SSSR count). The van der Waals surface area contributed by atoms with Crippen LogP contribution in [0.1, 0.15) is 51.1 Å². The Labute approximate surface area is 123 Å². The Bertz CT molecular complexity index is 424. The normalized spacial score (nSPS) is 29.3. The van der Waals surface area contributed by atoms with Gasteiger partial charge in [0.1, 0.15) is 0 Å². The van der Waals surface area contributed by atoms with Gasteiger partial charge in [-0.2, -0.15) is 0 Å². The zero-order chi connectivity index (χ0) is 14.0. The van der Waals surface area contributed by atoms with Gasteiger partial charge in [0.05, 0.1) is 0 Å². The van der Waals surface area contributed by atoms with Crippen LogP contribution in [-0.4, -0.2) is 30.6 Å². The van der Waals surface area contributed by atoms with E-state index < -0.39 is 0 Å². The lowest BCUT2D eigenvalue weighted by atomic mass is 9.96. The Hall–Kier alpha value is -0.860. The predicted molar refractivity (Wildman–Crippen MR) is 84.8 cm³/mol. The lowest BCUT2D eigenvalue weighted by Gasteiger charge is -2.42. The van der Waals surface area contributed by atoms with Gasteiger partial charge in [0.15, 0.2) is 0 Å². The van der Waals surface area contributed by atoms with E-state index >= 15 is 0 Å². The highest BCUT2D eigenvalue weighted by Gasteiger charge is 2.44. The molecule has 0 amide bonds. The molecule has 1 heterocycles. The number of benzene rings is 1. The molecule has 1 saturated carbocycles. The molecule has 1 aliphatic heterocycles. The van der Waals surface area contributed by atoms with E-state index in [1.165, 1.54) is 44.3 Å². The summed E-state index contributed by atoms with van der Waals surface area (Å²) in [6.45, 7) is 8.26. The van der Waals surface area contributed by atoms with Crippen LogP contribution in [0.2, 0.25) is 0 Å². The molecule has 2 unspecified atom stereocenters. The predicted octanol–water partition coefficient (Wildman–Crippen LogP) is 3.60. The van der Waals surface area contributed by atoms with Gasteiger partial charge in [-0.05, 0) is 36.7 Å². The largest absolute Gasteiger partial charge is 0.311 e. The van der Waals surface area contributed by atoms with Crippen molar-refractivity contribution < 1.29 is 0 Å². The third-order valence-electron chi connectivity index (χ3n) is 5.42. The van der Waals surface area contributed by atoms with E-state index in [0.29, 0.717) is 17.5 Å². The van der Waals surface area contributed by atoms with Crippen LogP contribution in [0.4, 0.5) is 0 Å². The molecule has 0 bridgehead atoms. The van der Waals surface area contributed by atoms with Crippen molar-refractivity contribution in [2.75, 3.05) is 19.6 Å². The number of piperazine rings is 1. The third-order valence-corrected chi connectivity index (χ3v) is 5.42. The number of nitrogens with one attached hydrogen (secondary N) is 1. The summed E-state index contributed by atoms with van der Waals surface area (Å²) in [4.78, 5) is 2.76. The van der Waals surface area contributed by atoms with E-state index in [1.807, 2.05) is 0 Å². The van der Waals surface area contributed by atoms with Crippen LogP contribution in [0.5, 0.6) is 0 Å². The Balaban J connectivity index is 1.76. The molecule has 1 aliphatic carbocycles. The maximum atomic E-state index is 3.73. The van der Waals surface area contributed by atoms with Crippen LogP contribution in [0, 0.1) is 5.41 Å². The minimum Gasteiger partial charge on any atom is -0.311 e. The van der Waals surface area contributed by atoms with Crippen molar-refractivity contribution in [3.8, 4) is 0 Å². The molecule has 2 fully saturated rings. The van der Waals surface area contributed by atoms with E-state index in [0.717, 1.165) is 6.54 Å². The second-order valence-electron chi connectivity index (χ2n) is 6.72. The molecular formula is C18H28N2. The summed E-state index contributed by atoms with van der Waals surface area (Å²) in [5.74, 6) is 0. The topological polar surface area (TPSA) is 15.3 Å². The highest BCUT2D eigenvalue weighted by Crippen LogP contribution is 2.50. The van der Waals surface area contributed by atoms with Crippen molar-refractivity contribution >= 4 is 0 Å². The Morgan fingerprint density at radius 3 is 2.55 bits per heavy atom. The highest BCUT2D eigenvalue weighted by atomic mass is 15.2. The van der Waals surface area contributed by atoms with Crippen molar-refractivity contribution in [3.05, 3.63) is 35.9 Å². The zero-order valence-corrected chi connectivity index (χ0v) is 12.9. The van der Waals surface area contributed by atoms with Crippen LogP contribution in [0.15, 0.2) is 30.3 Å². The van der Waals surface area contributed by atoms with Gasteiger partial charge in [0.25, 0.3) is 0 Å². The summed E-state index contributed by atoms with van der Waals surface area (Å²) in [5.41, 5.74) is 2.12. The molecule has 0 radical (unpaired) electrons. The van der Waals surface area contributed by atoms with Crippen molar-refractivity contribution in [1.82, 2.24) is 10.2 Å². The monoisotopic (exact) mass is 272 g/mol. The average molecular weight is 272 g/mol. The van der Waals surface area contributed by atoms with Crippen molar-refractivity contribution in [2.45, 2.75) is 51.6 Å². The van der Waals surface area contributed by atoms with Gasteiger partial charge in [0.2, 0.25) is 0 Å². The SMILES string of the molecule is CCC1CN(CC2(CC)CC2)C(c2ccccc2)CN1. The molecule has 20 heavy (non-hydrogen) atoms. The lowest BCUT2D eigenvalue weighted by molar-refractivity contribution is 0.101. The molecule has 1 aromatic carbocycles. The Morgan fingerprint density at radius 2 is 1.95 bits per heavy atom. The van der Waals surface area contributed by atoms with E-state index in [4.69, 9.17) is 0 Å². The Morgan fingerprint density at radius 1 is 1.20 bits per heavy atom. The van der Waals surface area contributed by atoms with Gasteiger partial charge in [-0.15, -0.1) is 0 Å². The zero-order valence-electron chi connectivity index (χ0n) is 12.9. The molecule has 2 nitrogen and oxygen atoms in total. The number of rotatable bonds is 5. The Kier molecular flexibility index (Phi) is 4.13. The average Bonchev–Trinajstić information content (AvgIpc) is 3.28. The van der Waals surface area contributed by atoms with Crippen LogP contribution in [0.3, 0.4) is 0 Å². The van der Waals surface area contributed by atoms with E-state index in [-0.39, 0.29) is 0 Å². The fourth-order valence-corrected chi connectivity index (χ4v) is 3.57. The molecule has 0 aromatic heterocycles. The minimum absolute atomic E-state index is 0.558. The van der Waals surface area contributed by atoms with Crippen LogP contribution >= 0.6 is 0 Å². The molecule has 1 aromatic rings. The second kappa shape index (κ2) is 5.87. The quantitative estimate of drug-likeness (QED) is 0.881. The molecular weight excluding hydrogens is 244 g/mol. The summed E-state index contributed by atoms with van der Waals surface area (Å²) in [7, 11) is 0. The third kappa shape index (κ3) is 2.91. The number of nitrogens with zero attached hydrogens (tertiary/aromatic N) is 1. The van der Waals surface area contributed by atoms with Crippen molar-refractivity contribution in [2.24, 2.45) is 5.41 Å². The van der Waals surface area contributed by atoms with E-state index in [1.54, 1.807) is 0 Å². The molecule has 0 spiro atoms. The minimum atomic E-state index is 0.558. The van der Waals surface area contributed by atoms with E-state index in [2.05, 4.69) is 54.4 Å². The summed E-state index contributed by atoms with van der Waals surface area (Å²) in [6, 6.07) is 12.3. The van der Waals surface area contributed by atoms with Crippen LogP contribution in [0.25, 0.3) is 0 Å². The fourth-order valence-electron chi connectivity index (χ4n) is 3.57. The van der Waals surface area contributed by atoms with Crippen molar-refractivity contribution in [3.63, 3.8) is 0 Å². The first kappa shape index (κ1) is 14.1. The van der Waals surface area contributed by atoms with Crippen molar-refractivity contribution in [1.29, 1.82) is 0 Å². The fraction of sp³-hybridized carbons (Fsp3) is 0.667. The molecule has 110 valence electrons. The molecule has 1 N–H and O–H groups in total. The van der Waals surface area contributed by atoms with Gasteiger partial charge in [-0.25, -0.2) is 0 Å². The van der Waals surface area contributed by atoms with Crippen LogP contribution in [-0.2, 0) is 0 Å².